The number of anilines is 1. The molecule has 2 aromatic heterocycles. The summed E-state index contributed by atoms with van der Waals surface area (Å²) in [5.74, 6) is 0.385. The van der Waals surface area contributed by atoms with E-state index in [0.29, 0.717) is 39.9 Å². The van der Waals surface area contributed by atoms with Gasteiger partial charge in [-0.25, -0.2) is 9.97 Å². The van der Waals surface area contributed by atoms with E-state index in [1.807, 2.05) is 6.07 Å². The number of nitrogen functional groups attached to an aromatic ring is 1. The van der Waals surface area contributed by atoms with Crippen LogP contribution in [0.2, 0.25) is 5.02 Å². The van der Waals surface area contributed by atoms with Crippen molar-refractivity contribution in [2.24, 2.45) is 0 Å². The standard InChI is InChI=1S/C17H14ClN5O/c18-10-2-1-3-11(19)15(10)16-20-6-5-13(23-16)14-8-9-12(22-14)4-7-21-17(9)24/h1-3,5-6,8,22H,4,7,19H2,(H,21,24). The maximum Gasteiger partial charge on any atom is 0.253 e. The van der Waals surface area contributed by atoms with Crippen LogP contribution in [0.1, 0.15) is 16.1 Å². The zero-order chi connectivity index (χ0) is 16.7. The molecule has 1 aromatic carbocycles. The molecule has 0 unspecified atom stereocenters. The maximum absolute atomic E-state index is 11.9. The lowest BCUT2D eigenvalue weighted by molar-refractivity contribution is 0.0946. The normalized spacial score (nSPS) is 13.5. The minimum atomic E-state index is -0.0663. The number of fused-ring (bicyclic) bond motifs is 1. The van der Waals surface area contributed by atoms with Gasteiger partial charge < -0.3 is 16.0 Å². The molecule has 0 saturated heterocycles. The van der Waals surface area contributed by atoms with E-state index in [2.05, 4.69) is 20.3 Å². The molecule has 3 heterocycles. The molecule has 24 heavy (non-hydrogen) atoms. The summed E-state index contributed by atoms with van der Waals surface area (Å²) in [4.78, 5) is 24.0. The average molecular weight is 340 g/mol. The maximum atomic E-state index is 11.9. The van der Waals surface area contributed by atoms with Crippen LogP contribution in [0.25, 0.3) is 22.8 Å². The highest BCUT2D eigenvalue weighted by Crippen LogP contribution is 2.32. The molecule has 0 bridgehead atoms. The summed E-state index contributed by atoms with van der Waals surface area (Å²) in [7, 11) is 0. The number of hydrogen-bond donors (Lipinski definition) is 3. The average Bonchev–Trinajstić information content (AvgIpc) is 3.01. The summed E-state index contributed by atoms with van der Waals surface area (Å²) in [5, 5.41) is 3.33. The fraction of sp³-hybridized carbons (Fsp3) is 0.118. The Balaban J connectivity index is 1.80. The number of H-pyrrole nitrogens is 1. The van der Waals surface area contributed by atoms with E-state index in [1.165, 1.54) is 0 Å². The number of nitrogens with zero attached hydrogens (tertiary/aromatic N) is 2. The van der Waals surface area contributed by atoms with Gasteiger partial charge in [0.25, 0.3) is 5.91 Å². The van der Waals surface area contributed by atoms with E-state index in [9.17, 15) is 4.79 Å². The number of nitrogens with two attached hydrogens (primary N) is 1. The van der Waals surface area contributed by atoms with Crippen molar-refractivity contribution in [1.82, 2.24) is 20.3 Å². The topological polar surface area (TPSA) is 96.7 Å². The van der Waals surface area contributed by atoms with Crippen molar-refractivity contribution in [3.63, 3.8) is 0 Å². The molecule has 3 aromatic rings. The summed E-state index contributed by atoms with van der Waals surface area (Å²) < 4.78 is 0. The second kappa shape index (κ2) is 5.65. The van der Waals surface area contributed by atoms with Gasteiger partial charge in [0.15, 0.2) is 5.82 Å². The van der Waals surface area contributed by atoms with E-state index in [4.69, 9.17) is 17.3 Å². The van der Waals surface area contributed by atoms with Crippen LogP contribution >= 0.6 is 11.6 Å². The van der Waals surface area contributed by atoms with Crippen LogP contribution in [0.5, 0.6) is 0 Å². The van der Waals surface area contributed by atoms with Gasteiger partial charge in [0.05, 0.1) is 27.5 Å². The van der Waals surface area contributed by atoms with Crippen molar-refractivity contribution >= 4 is 23.2 Å². The van der Waals surface area contributed by atoms with E-state index in [0.717, 1.165) is 17.8 Å². The van der Waals surface area contributed by atoms with Crippen molar-refractivity contribution < 1.29 is 4.79 Å². The number of rotatable bonds is 2. The first-order chi connectivity index (χ1) is 11.6. The molecule has 1 aliphatic rings. The number of nitrogens with one attached hydrogen (secondary N) is 2. The zero-order valence-corrected chi connectivity index (χ0v) is 13.4. The molecule has 4 rings (SSSR count). The molecule has 7 heteroatoms. The van der Waals surface area contributed by atoms with Crippen molar-refractivity contribution in [3.8, 4) is 22.8 Å². The van der Waals surface area contributed by atoms with Crippen LogP contribution in [0.15, 0.2) is 36.5 Å². The lowest BCUT2D eigenvalue weighted by atomic mass is 10.1. The van der Waals surface area contributed by atoms with Crippen LogP contribution in [-0.4, -0.2) is 27.4 Å². The molecule has 0 atom stereocenters. The van der Waals surface area contributed by atoms with Gasteiger partial charge in [-0.05, 0) is 24.3 Å². The molecule has 0 radical (unpaired) electrons. The van der Waals surface area contributed by atoms with Gasteiger partial charge in [0, 0.05) is 30.5 Å². The van der Waals surface area contributed by atoms with Crippen molar-refractivity contribution in [3.05, 3.63) is 52.8 Å². The molecule has 0 aliphatic carbocycles. The van der Waals surface area contributed by atoms with Crippen LogP contribution < -0.4 is 11.1 Å². The minimum absolute atomic E-state index is 0.0663. The Labute approximate surface area is 143 Å². The second-order valence-corrected chi connectivity index (χ2v) is 5.96. The quantitative estimate of drug-likeness (QED) is 0.625. The number of aromatic amines is 1. The first-order valence-electron chi connectivity index (χ1n) is 7.51. The number of aromatic nitrogens is 3. The third-order valence-corrected chi connectivity index (χ3v) is 4.32. The number of amides is 1. The SMILES string of the molecule is Nc1cccc(Cl)c1-c1nccc(-c2cc3c([nH]2)CCNC3=O)n1. The Bertz CT molecular complexity index is 930. The summed E-state index contributed by atoms with van der Waals surface area (Å²) >= 11 is 6.24. The molecule has 0 spiro atoms. The number of benzene rings is 1. The highest BCUT2D eigenvalue weighted by atomic mass is 35.5. The summed E-state index contributed by atoms with van der Waals surface area (Å²) in [6.07, 6.45) is 2.43. The van der Waals surface area contributed by atoms with E-state index < -0.39 is 0 Å². The summed E-state index contributed by atoms with van der Waals surface area (Å²) in [6.45, 7) is 0.636. The summed E-state index contributed by atoms with van der Waals surface area (Å²) in [6, 6.07) is 8.89. The first kappa shape index (κ1) is 14.7. The molecule has 0 fully saturated rings. The molecule has 1 amide bonds. The van der Waals surface area contributed by atoms with Crippen LogP contribution in [-0.2, 0) is 6.42 Å². The van der Waals surface area contributed by atoms with Gasteiger partial charge in [-0.15, -0.1) is 0 Å². The van der Waals surface area contributed by atoms with Crippen LogP contribution in [0.4, 0.5) is 5.69 Å². The third kappa shape index (κ3) is 2.41. The van der Waals surface area contributed by atoms with E-state index in [-0.39, 0.29) is 5.91 Å². The predicted octanol–water partition coefficient (Wildman–Crippen LogP) is 2.66. The predicted molar refractivity (Wildman–Crippen MR) is 92.7 cm³/mol. The second-order valence-electron chi connectivity index (χ2n) is 5.55. The first-order valence-corrected chi connectivity index (χ1v) is 7.89. The van der Waals surface area contributed by atoms with Crippen molar-refractivity contribution in [2.75, 3.05) is 12.3 Å². The van der Waals surface area contributed by atoms with Gasteiger partial charge in [-0.1, -0.05) is 17.7 Å². The molecular weight excluding hydrogens is 326 g/mol. The number of carbonyl (C=O) groups is 1. The molecule has 120 valence electrons. The Morgan fingerprint density at radius 3 is 2.92 bits per heavy atom. The molecule has 4 N–H and O–H groups in total. The van der Waals surface area contributed by atoms with Crippen molar-refractivity contribution in [2.45, 2.75) is 6.42 Å². The highest BCUT2D eigenvalue weighted by molar-refractivity contribution is 6.33. The Morgan fingerprint density at radius 2 is 2.12 bits per heavy atom. The third-order valence-electron chi connectivity index (χ3n) is 4.01. The Kier molecular flexibility index (Phi) is 3.46. The fourth-order valence-corrected chi connectivity index (χ4v) is 3.10. The van der Waals surface area contributed by atoms with Crippen LogP contribution in [0.3, 0.4) is 0 Å². The van der Waals surface area contributed by atoms with Gasteiger partial charge in [-0.3, -0.25) is 4.79 Å². The number of carbonyl (C=O) groups excluding carboxylic acids is 1. The minimum Gasteiger partial charge on any atom is -0.398 e. The molecule has 0 saturated carbocycles. The lowest BCUT2D eigenvalue weighted by Crippen LogP contribution is -2.31. The summed E-state index contributed by atoms with van der Waals surface area (Å²) in [5.41, 5.74) is 10.2. The monoisotopic (exact) mass is 339 g/mol. The fourth-order valence-electron chi connectivity index (χ4n) is 2.84. The number of hydrogen-bond acceptors (Lipinski definition) is 4. The van der Waals surface area contributed by atoms with Gasteiger partial charge in [-0.2, -0.15) is 0 Å². The van der Waals surface area contributed by atoms with Gasteiger partial charge in [0.1, 0.15) is 0 Å². The van der Waals surface area contributed by atoms with E-state index >= 15 is 0 Å². The zero-order valence-electron chi connectivity index (χ0n) is 12.6. The van der Waals surface area contributed by atoms with Gasteiger partial charge >= 0.3 is 0 Å². The van der Waals surface area contributed by atoms with Gasteiger partial charge in [0.2, 0.25) is 0 Å². The van der Waals surface area contributed by atoms with E-state index in [1.54, 1.807) is 30.5 Å². The highest BCUT2D eigenvalue weighted by Gasteiger charge is 2.21. The van der Waals surface area contributed by atoms with Crippen molar-refractivity contribution in [1.29, 1.82) is 0 Å². The largest absolute Gasteiger partial charge is 0.398 e. The smallest absolute Gasteiger partial charge is 0.253 e. The Hall–Kier alpha value is -2.86. The molecular formula is C17H14ClN5O. The number of halogens is 1. The lowest BCUT2D eigenvalue weighted by Gasteiger charge is -2.10. The Morgan fingerprint density at radius 1 is 1.25 bits per heavy atom. The molecule has 6 nitrogen and oxygen atoms in total. The molecule has 1 aliphatic heterocycles. The van der Waals surface area contributed by atoms with Crippen LogP contribution in [0, 0.1) is 0 Å².